The molecule has 1 amide bonds. The second-order valence-corrected chi connectivity index (χ2v) is 10.9. The van der Waals surface area contributed by atoms with Crippen LogP contribution in [-0.4, -0.2) is 79.4 Å². The van der Waals surface area contributed by atoms with Crippen LogP contribution in [0.2, 0.25) is 0 Å². The first-order chi connectivity index (χ1) is 19.5. The summed E-state index contributed by atoms with van der Waals surface area (Å²) in [6, 6.07) is 8.66. The number of benzene rings is 2. The van der Waals surface area contributed by atoms with Gasteiger partial charge in [0.25, 0.3) is 0 Å². The molecule has 0 aliphatic carbocycles. The van der Waals surface area contributed by atoms with Gasteiger partial charge in [-0.15, -0.1) is 0 Å². The molecule has 13 heteroatoms. The van der Waals surface area contributed by atoms with Crippen LogP contribution < -0.4 is 5.32 Å². The number of morpholine rings is 1. The molecule has 0 aromatic heterocycles. The Morgan fingerprint density at radius 1 is 1.00 bits per heavy atom. The van der Waals surface area contributed by atoms with Gasteiger partial charge >= 0.3 is 12.4 Å². The number of carbonyl (C=O) groups excluding carboxylic acids is 1. The average Bonchev–Trinajstić information content (AvgIpc) is 2.92. The number of hydrogen-bond acceptors (Lipinski definition) is 6. The number of rotatable bonds is 8. The molecule has 2 saturated heterocycles. The minimum atomic E-state index is -5.32. The first-order valence-electron chi connectivity index (χ1n) is 13.2. The van der Waals surface area contributed by atoms with E-state index in [9.17, 15) is 31.1 Å². The Bertz CT molecular complexity index is 1220. The Morgan fingerprint density at radius 3 is 2.32 bits per heavy atom. The van der Waals surface area contributed by atoms with E-state index in [1.54, 1.807) is 24.3 Å². The van der Waals surface area contributed by atoms with E-state index in [0.29, 0.717) is 28.9 Å². The molecule has 2 fully saturated rings. The molecule has 2 N–H and O–H groups in total. The quantitative estimate of drug-likeness (QED) is 0.302. The van der Waals surface area contributed by atoms with Crippen molar-refractivity contribution in [2.75, 3.05) is 57.9 Å². The van der Waals surface area contributed by atoms with Crippen LogP contribution >= 0.6 is 11.8 Å². The molecule has 41 heavy (non-hydrogen) atoms. The van der Waals surface area contributed by atoms with Gasteiger partial charge in [0.2, 0.25) is 5.91 Å². The van der Waals surface area contributed by atoms with Gasteiger partial charge in [-0.05, 0) is 48.7 Å². The fraction of sp³-hybridized carbons (Fsp3) is 0.464. The number of piperidine rings is 1. The molecule has 2 aliphatic heterocycles. The Hall–Kier alpha value is -2.74. The first-order valence-corrected chi connectivity index (χ1v) is 14.0. The molecule has 4 rings (SSSR count). The van der Waals surface area contributed by atoms with E-state index in [2.05, 4.69) is 10.2 Å². The highest BCUT2D eigenvalue weighted by atomic mass is 32.2. The van der Waals surface area contributed by atoms with Crippen molar-refractivity contribution < 1.29 is 41.0 Å². The maximum Gasteiger partial charge on any atom is 0.418 e. The number of hydrogen-bond donors (Lipinski definition) is 2. The molecule has 0 radical (unpaired) electrons. The summed E-state index contributed by atoms with van der Waals surface area (Å²) in [5, 5.41) is 12.5. The van der Waals surface area contributed by atoms with Gasteiger partial charge in [-0.25, -0.2) is 0 Å². The molecule has 0 atom stereocenters. The van der Waals surface area contributed by atoms with E-state index >= 15 is 0 Å². The maximum absolute atomic E-state index is 14.2. The Morgan fingerprint density at radius 2 is 1.68 bits per heavy atom. The van der Waals surface area contributed by atoms with Gasteiger partial charge in [0.05, 0.1) is 30.9 Å². The minimum Gasteiger partial charge on any atom is -0.395 e. The summed E-state index contributed by atoms with van der Waals surface area (Å²) < 4.78 is 90.3. The molecule has 2 aliphatic rings. The molecule has 2 aromatic carbocycles. The van der Waals surface area contributed by atoms with E-state index < -0.39 is 39.8 Å². The van der Waals surface area contributed by atoms with Gasteiger partial charge in [0, 0.05) is 60.3 Å². The number of amides is 1. The highest BCUT2D eigenvalue weighted by Gasteiger charge is 2.46. The Kier molecular flexibility index (Phi) is 10.3. The molecule has 0 unspecified atom stereocenters. The second kappa shape index (κ2) is 13.5. The minimum absolute atomic E-state index is 0.0805. The van der Waals surface area contributed by atoms with E-state index in [4.69, 9.17) is 9.84 Å². The number of halogens is 6. The molecule has 2 aromatic rings. The third-order valence-electron chi connectivity index (χ3n) is 6.93. The van der Waals surface area contributed by atoms with Crippen molar-refractivity contribution in [1.82, 2.24) is 9.80 Å². The van der Waals surface area contributed by atoms with Gasteiger partial charge in [0.1, 0.15) is 0 Å². The van der Waals surface area contributed by atoms with Crippen molar-refractivity contribution in [3.05, 3.63) is 59.2 Å². The second-order valence-electron chi connectivity index (χ2n) is 9.78. The van der Waals surface area contributed by atoms with Gasteiger partial charge in [-0.2, -0.15) is 26.3 Å². The topological polar surface area (TPSA) is 65.0 Å². The van der Waals surface area contributed by atoms with Crippen molar-refractivity contribution in [2.45, 2.75) is 41.0 Å². The molecule has 224 valence electrons. The molecular weight excluding hydrogens is 572 g/mol. The lowest BCUT2D eigenvalue weighted by atomic mass is 9.99. The Labute approximate surface area is 238 Å². The van der Waals surface area contributed by atoms with Crippen LogP contribution in [0, 0.1) is 0 Å². The van der Waals surface area contributed by atoms with Crippen molar-refractivity contribution in [3.8, 4) is 0 Å². The van der Waals surface area contributed by atoms with Crippen LogP contribution in [0.25, 0.3) is 6.08 Å². The standard InChI is InChI=1S/C28H31F6N3O3S/c29-27(30,31)25-19(5-7-24(39)37-13-16-40-17-14-37)4-6-23(26(25)28(32,33)34)41-22-3-1-2-21(18-22)35-20-8-10-36(11-9-20)12-15-38/h1-7,18,20,35,38H,8-17H2/b7-5+. The van der Waals surface area contributed by atoms with Crippen molar-refractivity contribution >= 4 is 29.4 Å². The van der Waals surface area contributed by atoms with Crippen LogP contribution in [0.1, 0.15) is 29.5 Å². The molecule has 0 bridgehead atoms. The van der Waals surface area contributed by atoms with E-state index in [1.165, 1.54) is 4.90 Å². The van der Waals surface area contributed by atoms with E-state index in [1.807, 2.05) is 0 Å². The number of aliphatic hydroxyl groups excluding tert-OH is 1. The predicted octanol–water partition coefficient (Wildman–Crippen LogP) is 5.62. The number of nitrogens with zero attached hydrogens (tertiary/aromatic N) is 2. The van der Waals surface area contributed by atoms with Crippen LogP contribution in [0.3, 0.4) is 0 Å². The molecular formula is C28H31F6N3O3S. The molecule has 2 heterocycles. The van der Waals surface area contributed by atoms with Gasteiger partial charge in [0.15, 0.2) is 0 Å². The average molecular weight is 604 g/mol. The highest BCUT2D eigenvalue weighted by Crippen LogP contribution is 2.48. The van der Waals surface area contributed by atoms with E-state index in [0.717, 1.165) is 50.2 Å². The SMILES string of the molecule is O=C(/C=C/c1ccc(Sc2cccc(NC3CCN(CCO)CC3)c2)c(C(F)(F)F)c1C(F)(F)F)N1CCOCC1. The number of nitrogens with one attached hydrogen (secondary N) is 1. The van der Waals surface area contributed by atoms with Gasteiger partial charge < -0.3 is 25.0 Å². The molecule has 0 saturated carbocycles. The lowest BCUT2D eigenvalue weighted by Gasteiger charge is -2.32. The number of anilines is 1. The highest BCUT2D eigenvalue weighted by molar-refractivity contribution is 7.99. The number of likely N-dealkylation sites (tertiary alicyclic amines) is 1. The summed E-state index contributed by atoms with van der Waals surface area (Å²) in [6.07, 6.45) is -7.34. The third kappa shape index (κ3) is 8.40. The zero-order valence-corrected chi connectivity index (χ0v) is 22.9. The molecule has 0 spiro atoms. The monoisotopic (exact) mass is 603 g/mol. The summed E-state index contributed by atoms with van der Waals surface area (Å²) in [5.74, 6) is -0.600. The normalized spacial score (nSPS) is 17.8. The zero-order valence-electron chi connectivity index (χ0n) is 22.1. The maximum atomic E-state index is 14.2. The Balaban J connectivity index is 1.59. The molecule has 6 nitrogen and oxygen atoms in total. The summed E-state index contributed by atoms with van der Waals surface area (Å²) in [6.45, 7) is 3.30. The van der Waals surface area contributed by atoms with Crippen LogP contribution in [0.5, 0.6) is 0 Å². The van der Waals surface area contributed by atoms with Crippen LogP contribution in [0.4, 0.5) is 32.0 Å². The summed E-state index contributed by atoms with van der Waals surface area (Å²) in [7, 11) is 0. The van der Waals surface area contributed by atoms with Crippen molar-refractivity contribution in [3.63, 3.8) is 0 Å². The fourth-order valence-corrected chi connectivity index (χ4v) is 5.96. The number of ether oxygens (including phenoxy) is 1. The van der Waals surface area contributed by atoms with Crippen molar-refractivity contribution in [1.29, 1.82) is 0 Å². The lowest BCUT2D eigenvalue weighted by Crippen LogP contribution is -2.40. The van der Waals surface area contributed by atoms with Crippen LogP contribution in [-0.2, 0) is 21.9 Å². The first kappa shape index (κ1) is 31.2. The number of carbonyl (C=O) groups is 1. The summed E-state index contributed by atoms with van der Waals surface area (Å²) in [4.78, 5) is 15.7. The predicted molar refractivity (Wildman–Crippen MR) is 144 cm³/mol. The zero-order chi connectivity index (χ0) is 29.6. The number of alkyl halides is 6. The fourth-order valence-electron chi connectivity index (χ4n) is 4.92. The number of aliphatic hydroxyl groups is 1. The number of β-amino-alcohol motifs (C(OH)–C–C–N with tert-alkyl or cyclic N) is 1. The van der Waals surface area contributed by atoms with Crippen LogP contribution in [0.15, 0.2) is 52.3 Å². The summed E-state index contributed by atoms with van der Waals surface area (Å²) >= 11 is 0.601. The van der Waals surface area contributed by atoms with Gasteiger partial charge in [-0.1, -0.05) is 23.9 Å². The summed E-state index contributed by atoms with van der Waals surface area (Å²) in [5.41, 5.74) is -3.70. The van der Waals surface area contributed by atoms with Crippen molar-refractivity contribution in [2.24, 2.45) is 0 Å². The lowest BCUT2D eigenvalue weighted by molar-refractivity contribution is -0.163. The van der Waals surface area contributed by atoms with E-state index in [-0.39, 0.29) is 39.0 Å². The largest absolute Gasteiger partial charge is 0.418 e. The van der Waals surface area contributed by atoms with Gasteiger partial charge in [-0.3, -0.25) is 4.79 Å². The smallest absolute Gasteiger partial charge is 0.395 e. The third-order valence-corrected chi connectivity index (χ3v) is 7.98.